The SMILES string of the molecule is CC1(C)CC(Nc2c3c(nc4ccc(C(=O)O)cc24)CCC3)CC(C)(C)[NH2+]1. The molecule has 1 saturated heterocycles. The summed E-state index contributed by atoms with van der Waals surface area (Å²) in [4.78, 5) is 16.3. The Bertz CT molecular complexity index is 901. The molecule has 144 valence electrons. The molecule has 0 atom stereocenters. The summed E-state index contributed by atoms with van der Waals surface area (Å²) in [6.45, 7) is 9.22. The second-order valence-corrected chi connectivity index (χ2v) is 9.67. The standard InChI is InChI=1S/C22H29N3O2/c1-21(2)11-14(12-22(3,4)25-21)23-19-15-6-5-7-17(15)24-18-9-8-13(20(26)27)10-16(18)19/h8-10,14,25H,5-7,11-12H2,1-4H3,(H,23,24)(H,26,27)/p+1. The number of rotatable bonds is 3. The van der Waals surface area contributed by atoms with Gasteiger partial charge in [0.2, 0.25) is 0 Å². The molecule has 2 aromatic rings. The Kier molecular flexibility index (Phi) is 4.18. The van der Waals surface area contributed by atoms with Gasteiger partial charge in [-0.1, -0.05) is 0 Å². The molecule has 0 amide bonds. The van der Waals surface area contributed by atoms with Crippen molar-refractivity contribution in [1.29, 1.82) is 0 Å². The Morgan fingerprint density at radius 2 is 1.89 bits per heavy atom. The first kappa shape index (κ1) is 18.2. The minimum atomic E-state index is -0.891. The van der Waals surface area contributed by atoms with E-state index < -0.39 is 5.97 Å². The molecule has 1 aromatic heterocycles. The Morgan fingerprint density at radius 1 is 1.19 bits per heavy atom. The normalized spacial score (nSPS) is 21.2. The number of carboxylic acids is 1. The maximum absolute atomic E-state index is 11.5. The van der Waals surface area contributed by atoms with Crippen LogP contribution in [-0.2, 0) is 12.8 Å². The molecule has 1 fully saturated rings. The number of aryl methyl sites for hydroxylation is 1. The minimum absolute atomic E-state index is 0.178. The van der Waals surface area contributed by atoms with Crippen LogP contribution in [0.3, 0.4) is 0 Å². The monoisotopic (exact) mass is 368 g/mol. The molecule has 2 heterocycles. The van der Waals surface area contributed by atoms with Crippen molar-refractivity contribution in [2.24, 2.45) is 0 Å². The van der Waals surface area contributed by atoms with E-state index in [1.807, 2.05) is 6.07 Å². The molecular formula is C22H30N3O2+. The lowest BCUT2D eigenvalue weighted by molar-refractivity contribution is -0.787. The number of nitrogens with one attached hydrogen (secondary N) is 1. The van der Waals surface area contributed by atoms with Crippen molar-refractivity contribution in [3.63, 3.8) is 0 Å². The van der Waals surface area contributed by atoms with Crippen LogP contribution in [-0.4, -0.2) is 33.2 Å². The highest BCUT2D eigenvalue weighted by atomic mass is 16.4. The Labute approximate surface area is 160 Å². The number of aromatic carboxylic acids is 1. The molecule has 1 aliphatic heterocycles. The lowest BCUT2D eigenvalue weighted by atomic mass is 9.79. The summed E-state index contributed by atoms with van der Waals surface area (Å²) < 4.78 is 0. The molecule has 5 heteroatoms. The number of anilines is 1. The van der Waals surface area contributed by atoms with E-state index in [0.717, 1.165) is 48.7 Å². The van der Waals surface area contributed by atoms with Crippen LogP contribution in [0.1, 0.15) is 68.6 Å². The van der Waals surface area contributed by atoms with E-state index in [2.05, 4.69) is 38.3 Å². The number of nitrogens with two attached hydrogens (primary N) is 1. The molecule has 27 heavy (non-hydrogen) atoms. The number of hydrogen-bond acceptors (Lipinski definition) is 3. The fourth-order valence-electron chi connectivity index (χ4n) is 5.38. The van der Waals surface area contributed by atoms with E-state index in [4.69, 9.17) is 4.98 Å². The first-order valence-corrected chi connectivity index (χ1v) is 9.96. The predicted molar refractivity (Wildman–Crippen MR) is 107 cm³/mol. The van der Waals surface area contributed by atoms with Gasteiger partial charge in [-0.05, 0) is 70.7 Å². The van der Waals surface area contributed by atoms with E-state index in [9.17, 15) is 9.90 Å². The Hall–Kier alpha value is -2.14. The number of carboxylic acid groups (broad SMARTS) is 1. The van der Waals surface area contributed by atoms with Gasteiger partial charge in [0.1, 0.15) is 0 Å². The van der Waals surface area contributed by atoms with Gasteiger partial charge in [0, 0.05) is 35.7 Å². The number of quaternary nitrogens is 1. The number of carbonyl (C=O) groups is 1. The van der Waals surface area contributed by atoms with Crippen LogP contribution in [0.4, 0.5) is 5.69 Å². The Morgan fingerprint density at radius 3 is 2.56 bits per heavy atom. The van der Waals surface area contributed by atoms with Gasteiger partial charge >= 0.3 is 5.97 Å². The summed E-state index contributed by atoms with van der Waals surface area (Å²) in [6, 6.07) is 5.66. The second kappa shape index (κ2) is 6.20. The average molecular weight is 369 g/mol. The van der Waals surface area contributed by atoms with Crippen molar-refractivity contribution in [3.8, 4) is 0 Å². The van der Waals surface area contributed by atoms with Gasteiger partial charge in [-0.15, -0.1) is 0 Å². The maximum atomic E-state index is 11.5. The molecule has 1 aromatic carbocycles. The number of piperidine rings is 1. The smallest absolute Gasteiger partial charge is 0.335 e. The predicted octanol–water partition coefficient (Wildman–Crippen LogP) is 3.12. The molecule has 0 unspecified atom stereocenters. The molecule has 0 radical (unpaired) electrons. The molecule has 0 bridgehead atoms. The van der Waals surface area contributed by atoms with Crippen LogP contribution in [0.15, 0.2) is 18.2 Å². The van der Waals surface area contributed by atoms with Gasteiger partial charge in [0.25, 0.3) is 0 Å². The zero-order chi connectivity index (χ0) is 19.4. The maximum Gasteiger partial charge on any atom is 0.335 e. The Balaban J connectivity index is 1.80. The van der Waals surface area contributed by atoms with Gasteiger partial charge in [0.05, 0.1) is 22.2 Å². The molecule has 1 aliphatic carbocycles. The lowest BCUT2D eigenvalue weighted by Crippen LogP contribution is -3.06. The number of pyridine rings is 1. The third-order valence-corrected chi connectivity index (χ3v) is 5.93. The minimum Gasteiger partial charge on any atom is -0.478 e. The van der Waals surface area contributed by atoms with E-state index in [1.165, 1.54) is 11.3 Å². The molecule has 4 N–H and O–H groups in total. The van der Waals surface area contributed by atoms with Crippen molar-refractivity contribution in [2.45, 2.75) is 76.9 Å². The van der Waals surface area contributed by atoms with Crippen molar-refractivity contribution in [1.82, 2.24) is 4.98 Å². The summed E-state index contributed by atoms with van der Waals surface area (Å²) in [7, 11) is 0. The number of fused-ring (bicyclic) bond motifs is 2. The second-order valence-electron chi connectivity index (χ2n) is 9.67. The number of aromatic nitrogens is 1. The fourth-order valence-corrected chi connectivity index (χ4v) is 5.38. The number of hydrogen-bond donors (Lipinski definition) is 3. The van der Waals surface area contributed by atoms with Gasteiger partial charge in [0.15, 0.2) is 0 Å². The molecule has 4 rings (SSSR count). The van der Waals surface area contributed by atoms with Crippen LogP contribution in [0, 0.1) is 0 Å². The highest BCUT2D eigenvalue weighted by Crippen LogP contribution is 2.36. The molecular weight excluding hydrogens is 338 g/mol. The summed E-state index contributed by atoms with van der Waals surface area (Å²) in [5.41, 5.74) is 5.15. The first-order valence-electron chi connectivity index (χ1n) is 9.96. The summed E-state index contributed by atoms with van der Waals surface area (Å²) in [5, 5.41) is 16.7. The highest BCUT2D eigenvalue weighted by molar-refractivity contribution is 5.99. The topological polar surface area (TPSA) is 78.8 Å². The van der Waals surface area contributed by atoms with Crippen molar-refractivity contribution >= 4 is 22.6 Å². The van der Waals surface area contributed by atoms with Crippen LogP contribution in [0.5, 0.6) is 0 Å². The lowest BCUT2D eigenvalue weighted by Gasteiger charge is -2.43. The van der Waals surface area contributed by atoms with Crippen LogP contribution in [0.25, 0.3) is 10.9 Å². The first-order chi connectivity index (χ1) is 12.6. The van der Waals surface area contributed by atoms with E-state index in [-0.39, 0.29) is 11.1 Å². The zero-order valence-corrected chi connectivity index (χ0v) is 16.7. The highest BCUT2D eigenvalue weighted by Gasteiger charge is 2.42. The summed E-state index contributed by atoms with van der Waals surface area (Å²) >= 11 is 0. The van der Waals surface area contributed by atoms with E-state index in [1.54, 1.807) is 12.1 Å². The summed E-state index contributed by atoms with van der Waals surface area (Å²) in [6.07, 6.45) is 5.30. The van der Waals surface area contributed by atoms with E-state index in [0.29, 0.717) is 11.6 Å². The van der Waals surface area contributed by atoms with Gasteiger partial charge < -0.3 is 15.7 Å². The van der Waals surface area contributed by atoms with Crippen molar-refractivity contribution in [3.05, 3.63) is 35.0 Å². The largest absolute Gasteiger partial charge is 0.478 e. The quantitative estimate of drug-likeness (QED) is 0.778. The van der Waals surface area contributed by atoms with Crippen LogP contribution < -0.4 is 10.6 Å². The van der Waals surface area contributed by atoms with Crippen LogP contribution >= 0.6 is 0 Å². The molecule has 0 saturated carbocycles. The summed E-state index contributed by atoms with van der Waals surface area (Å²) in [5.74, 6) is -0.891. The van der Waals surface area contributed by atoms with Crippen LogP contribution in [0.2, 0.25) is 0 Å². The molecule has 2 aliphatic rings. The number of nitrogens with zero attached hydrogens (tertiary/aromatic N) is 1. The van der Waals surface area contributed by atoms with Gasteiger partial charge in [-0.25, -0.2) is 4.79 Å². The zero-order valence-electron chi connectivity index (χ0n) is 16.7. The van der Waals surface area contributed by atoms with Crippen molar-refractivity contribution in [2.75, 3.05) is 5.32 Å². The van der Waals surface area contributed by atoms with E-state index >= 15 is 0 Å². The van der Waals surface area contributed by atoms with Gasteiger partial charge in [-0.2, -0.15) is 0 Å². The average Bonchev–Trinajstić information content (AvgIpc) is 2.99. The molecule has 0 spiro atoms. The van der Waals surface area contributed by atoms with Gasteiger partial charge in [-0.3, -0.25) is 4.98 Å². The van der Waals surface area contributed by atoms with Crippen molar-refractivity contribution < 1.29 is 15.2 Å². The third kappa shape index (κ3) is 3.53. The number of benzene rings is 1. The fraction of sp³-hybridized carbons (Fsp3) is 0.545. The molecule has 5 nitrogen and oxygen atoms in total. The third-order valence-electron chi connectivity index (χ3n) is 5.93.